The summed E-state index contributed by atoms with van der Waals surface area (Å²) in [6.45, 7) is 10.8. The molecule has 0 bridgehead atoms. The quantitative estimate of drug-likeness (QED) is 0.781. The Labute approximate surface area is 116 Å². The maximum Gasteiger partial charge on any atom is 0.317 e. The van der Waals surface area contributed by atoms with Crippen LogP contribution >= 0.6 is 0 Å². The predicted octanol–water partition coefficient (Wildman–Crippen LogP) is 2.71. The van der Waals surface area contributed by atoms with Gasteiger partial charge in [-0.3, -0.25) is 4.79 Å². The lowest BCUT2D eigenvalue weighted by Gasteiger charge is -2.40. The zero-order valence-electron chi connectivity index (χ0n) is 13.2. The molecule has 0 aromatic carbocycles. The fraction of sp³-hybridized carbons (Fsp3) is 0.857. The summed E-state index contributed by atoms with van der Waals surface area (Å²) < 4.78 is 0. The summed E-state index contributed by atoms with van der Waals surface area (Å²) in [5, 5.41) is 12.1. The largest absolute Gasteiger partial charge is 0.481 e. The molecule has 2 amide bonds. The van der Waals surface area contributed by atoms with Gasteiger partial charge in [-0.2, -0.15) is 0 Å². The lowest BCUT2D eigenvalue weighted by molar-refractivity contribution is -0.150. The van der Waals surface area contributed by atoms with E-state index < -0.39 is 16.9 Å². The van der Waals surface area contributed by atoms with Crippen molar-refractivity contribution < 1.29 is 14.7 Å². The highest BCUT2D eigenvalue weighted by atomic mass is 16.4. The van der Waals surface area contributed by atoms with Crippen molar-refractivity contribution in [3.63, 3.8) is 0 Å². The third-order valence-electron chi connectivity index (χ3n) is 4.20. The van der Waals surface area contributed by atoms with Crippen molar-refractivity contribution in [1.29, 1.82) is 0 Å². The molecule has 0 aliphatic heterocycles. The Morgan fingerprint density at radius 1 is 1.26 bits per heavy atom. The molecule has 0 aliphatic rings. The molecule has 0 saturated carbocycles. The van der Waals surface area contributed by atoms with Gasteiger partial charge < -0.3 is 15.3 Å². The number of carbonyl (C=O) groups excluding carboxylic acids is 1. The molecule has 5 nitrogen and oxygen atoms in total. The average Bonchev–Trinajstić information content (AvgIpc) is 2.27. The Hall–Kier alpha value is -1.26. The monoisotopic (exact) mass is 272 g/mol. The molecule has 0 radical (unpaired) electrons. The molecule has 19 heavy (non-hydrogen) atoms. The number of carboxylic acids is 1. The van der Waals surface area contributed by atoms with Crippen molar-refractivity contribution in [1.82, 2.24) is 10.2 Å². The molecule has 0 fully saturated rings. The zero-order valence-corrected chi connectivity index (χ0v) is 13.2. The first kappa shape index (κ1) is 17.7. The molecule has 5 heteroatoms. The molecule has 1 atom stereocenters. The minimum absolute atomic E-state index is 0.133. The first-order valence-electron chi connectivity index (χ1n) is 6.75. The molecule has 1 unspecified atom stereocenters. The van der Waals surface area contributed by atoms with E-state index in [2.05, 4.69) is 12.2 Å². The standard InChI is InChI=1S/C14H28N2O3/c1-8-9-10(2)16(7)12(19)15-14(5,6)13(3,4)11(17)18/h10H,8-9H2,1-7H3,(H,15,19)(H,17,18). The van der Waals surface area contributed by atoms with Crippen molar-refractivity contribution in [2.45, 2.75) is 66.0 Å². The van der Waals surface area contributed by atoms with Crippen LogP contribution in [0.25, 0.3) is 0 Å². The number of nitrogens with one attached hydrogen (secondary N) is 1. The third-order valence-corrected chi connectivity index (χ3v) is 4.20. The van der Waals surface area contributed by atoms with Crippen LogP contribution in [0.15, 0.2) is 0 Å². The Morgan fingerprint density at radius 2 is 1.74 bits per heavy atom. The number of aliphatic carboxylic acids is 1. The number of hydrogen-bond donors (Lipinski definition) is 2. The molecule has 0 aromatic rings. The average molecular weight is 272 g/mol. The van der Waals surface area contributed by atoms with E-state index >= 15 is 0 Å². The van der Waals surface area contributed by atoms with E-state index in [4.69, 9.17) is 0 Å². The van der Waals surface area contributed by atoms with Crippen LogP contribution in [0.2, 0.25) is 0 Å². The second-order valence-corrected chi connectivity index (χ2v) is 6.23. The molecule has 2 N–H and O–H groups in total. The van der Waals surface area contributed by atoms with E-state index in [1.807, 2.05) is 6.92 Å². The van der Waals surface area contributed by atoms with Crippen LogP contribution in [0.5, 0.6) is 0 Å². The Balaban J connectivity index is 4.85. The summed E-state index contributed by atoms with van der Waals surface area (Å²) in [7, 11) is 1.74. The van der Waals surface area contributed by atoms with E-state index in [-0.39, 0.29) is 12.1 Å². The first-order chi connectivity index (χ1) is 8.47. The molecular formula is C14H28N2O3. The van der Waals surface area contributed by atoms with Crippen LogP contribution in [-0.2, 0) is 4.79 Å². The van der Waals surface area contributed by atoms with Crippen LogP contribution in [0, 0.1) is 5.41 Å². The SMILES string of the molecule is CCCC(C)N(C)C(=O)NC(C)(C)C(C)(C)C(=O)O. The van der Waals surface area contributed by atoms with Gasteiger partial charge in [-0.15, -0.1) is 0 Å². The van der Waals surface area contributed by atoms with E-state index in [9.17, 15) is 14.7 Å². The maximum absolute atomic E-state index is 12.2. The van der Waals surface area contributed by atoms with Crippen LogP contribution in [0.4, 0.5) is 4.79 Å². The number of amides is 2. The van der Waals surface area contributed by atoms with Gasteiger partial charge in [0, 0.05) is 13.1 Å². The molecule has 0 heterocycles. The Kier molecular flexibility index (Phi) is 5.84. The Bertz CT molecular complexity index is 338. The highest BCUT2D eigenvalue weighted by Gasteiger charge is 2.44. The van der Waals surface area contributed by atoms with Gasteiger partial charge in [0.2, 0.25) is 0 Å². The molecule has 112 valence electrons. The van der Waals surface area contributed by atoms with Crippen molar-refractivity contribution in [2.24, 2.45) is 5.41 Å². The van der Waals surface area contributed by atoms with Gasteiger partial charge in [-0.25, -0.2) is 4.79 Å². The lowest BCUT2D eigenvalue weighted by Crippen LogP contribution is -2.59. The predicted molar refractivity (Wildman–Crippen MR) is 76.2 cm³/mol. The first-order valence-corrected chi connectivity index (χ1v) is 6.75. The number of hydrogen-bond acceptors (Lipinski definition) is 2. The van der Waals surface area contributed by atoms with Crippen molar-refractivity contribution >= 4 is 12.0 Å². The van der Waals surface area contributed by atoms with Crippen LogP contribution in [0.3, 0.4) is 0 Å². The van der Waals surface area contributed by atoms with Crippen LogP contribution in [-0.4, -0.2) is 40.6 Å². The summed E-state index contributed by atoms with van der Waals surface area (Å²) in [6, 6.07) is -0.103. The minimum Gasteiger partial charge on any atom is -0.481 e. The van der Waals surface area contributed by atoms with Crippen LogP contribution < -0.4 is 5.32 Å². The second-order valence-electron chi connectivity index (χ2n) is 6.23. The van der Waals surface area contributed by atoms with E-state index in [1.165, 1.54) is 0 Å². The van der Waals surface area contributed by atoms with Gasteiger partial charge >= 0.3 is 12.0 Å². The fourth-order valence-corrected chi connectivity index (χ4v) is 1.59. The maximum atomic E-state index is 12.2. The number of rotatable bonds is 6. The lowest BCUT2D eigenvalue weighted by atomic mass is 9.74. The van der Waals surface area contributed by atoms with Gasteiger partial charge in [0.15, 0.2) is 0 Å². The van der Waals surface area contributed by atoms with Gasteiger partial charge in [0.1, 0.15) is 0 Å². The number of urea groups is 1. The van der Waals surface area contributed by atoms with Gasteiger partial charge in [-0.05, 0) is 41.0 Å². The van der Waals surface area contributed by atoms with Gasteiger partial charge in [-0.1, -0.05) is 13.3 Å². The summed E-state index contributed by atoms with van der Waals surface area (Å²) in [5.74, 6) is -0.929. The number of nitrogens with zero attached hydrogens (tertiary/aromatic N) is 1. The summed E-state index contributed by atoms with van der Waals surface area (Å²) in [5.41, 5.74) is -1.88. The highest BCUT2D eigenvalue weighted by Crippen LogP contribution is 2.30. The molecular weight excluding hydrogens is 244 g/mol. The number of carbonyl (C=O) groups is 2. The summed E-state index contributed by atoms with van der Waals surface area (Å²) in [6.07, 6.45) is 1.93. The summed E-state index contributed by atoms with van der Waals surface area (Å²) >= 11 is 0. The van der Waals surface area contributed by atoms with E-state index in [0.29, 0.717) is 0 Å². The molecule has 0 aliphatic carbocycles. The fourth-order valence-electron chi connectivity index (χ4n) is 1.59. The molecule has 0 rings (SSSR count). The highest BCUT2D eigenvalue weighted by molar-refractivity contribution is 5.79. The normalized spacial score (nSPS) is 13.8. The van der Waals surface area contributed by atoms with Crippen molar-refractivity contribution in [3.05, 3.63) is 0 Å². The topological polar surface area (TPSA) is 69.6 Å². The molecule has 0 aromatic heterocycles. The van der Waals surface area contributed by atoms with E-state index in [1.54, 1.807) is 39.6 Å². The van der Waals surface area contributed by atoms with Gasteiger partial charge in [0.05, 0.1) is 11.0 Å². The minimum atomic E-state index is -1.04. The smallest absolute Gasteiger partial charge is 0.317 e. The number of carboxylic acid groups (broad SMARTS) is 1. The second kappa shape index (κ2) is 6.26. The van der Waals surface area contributed by atoms with Crippen molar-refractivity contribution in [3.8, 4) is 0 Å². The zero-order chi connectivity index (χ0) is 15.4. The Morgan fingerprint density at radius 3 is 2.11 bits per heavy atom. The third kappa shape index (κ3) is 4.11. The molecule has 0 spiro atoms. The summed E-state index contributed by atoms with van der Waals surface area (Å²) in [4.78, 5) is 25.1. The van der Waals surface area contributed by atoms with Crippen molar-refractivity contribution in [2.75, 3.05) is 7.05 Å². The van der Waals surface area contributed by atoms with Gasteiger partial charge in [0.25, 0.3) is 0 Å². The van der Waals surface area contributed by atoms with Crippen LogP contribution in [0.1, 0.15) is 54.4 Å². The van der Waals surface area contributed by atoms with E-state index in [0.717, 1.165) is 12.8 Å². The molecule has 0 saturated heterocycles.